The van der Waals surface area contributed by atoms with Gasteiger partial charge in [-0.15, -0.1) is 0 Å². The van der Waals surface area contributed by atoms with Crippen molar-refractivity contribution in [2.24, 2.45) is 0 Å². The minimum atomic E-state index is 0.916. The van der Waals surface area contributed by atoms with Crippen molar-refractivity contribution in [3.63, 3.8) is 0 Å². The van der Waals surface area contributed by atoms with Crippen LogP contribution in [-0.4, -0.2) is 0 Å². The minimum Gasteiger partial charge on any atom is -0.356 e. The number of hydrogen-bond acceptors (Lipinski definition) is 1. The number of hydrogen-bond donors (Lipinski definition) is 1. The van der Waals surface area contributed by atoms with E-state index in [0.29, 0.717) is 0 Å². The maximum Gasteiger partial charge on any atom is 0.0385 e. The van der Waals surface area contributed by atoms with Gasteiger partial charge in [-0.05, 0) is 55.7 Å². The van der Waals surface area contributed by atoms with Crippen LogP contribution in [-0.2, 0) is 0 Å². The monoisotopic (exact) mass is 263 g/mol. The largest absolute Gasteiger partial charge is 0.356 e. The van der Waals surface area contributed by atoms with Gasteiger partial charge < -0.3 is 5.32 Å². The van der Waals surface area contributed by atoms with Gasteiger partial charge in [0.2, 0.25) is 0 Å². The van der Waals surface area contributed by atoms with Crippen LogP contribution in [0.2, 0.25) is 0 Å². The molecule has 0 aromatic heterocycles. The van der Waals surface area contributed by atoms with Crippen molar-refractivity contribution in [1.82, 2.24) is 0 Å². The molecular weight excluding hydrogens is 242 g/mol. The Kier molecular flexibility index (Phi) is 4.41. The Balaban J connectivity index is 2.21. The van der Waals surface area contributed by atoms with Crippen LogP contribution in [0.1, 0.15) is 29.2 Å². The maximum absolute atomic E-state index is 4.14. The summed E-state index contributed by atoms with van der Waals surface area (Å²) >= 11 is 0. The van der Waals surface area contributed by atoms with E-state index in [-0.39, 0.29) is 0 Å². The summed E-state index contributed by atoms with van der Waals surface area (Å²) < 4.78 is 0. The van der Waals surface area contributed by atoms with Gasteiger partial charge in [0.15, 0.2) is 0 Å². The van der Waals surface area contributed by atoms with E-state index in [1.165, 1.54) is 16.7 Å². The third kappa shape index (κ3) is 3.39. The predicted octanol–water partition coefficient (Wildman–Crippen LogP) is 5.42. The van der Waals surface area contributed by atoms with Crippen LogP contribution >= 0.6 is 0 Å². The van der Waals surface area contributed by atoms with E-state index in [9.17, 15) is 0 Å². The summed E-state index contributed by atoms with van der Waals surface area (Å²) in [7, 11) is 0. The van der Waals surface area contributed by atoms with Crippen molar-refractivity contribution < 1.29 is 0 Å². The third-order valence-corrected chi connectivity index (χ3v) is 3.32. The minimum absolute atomic E-state index is 0.916. The molecule has 2 aromatic rings. The van der Waals surface area contributed by atoms with Crippen LogP contribution in [0, 0.1) is 13.8 Å². The van der Waals surface area contributed by atoms with Gasteiger partial charge in [0.25, 0.3) is 0 Å². The Hall–Kier alpha value is -2.28. The highest BCUT2D eigenvalue weighted by molar-refractivity contribution is 5.76. The van der Waals surface area contributed by atoms with Crippen LogP contribution < -0.4 is 5.32 Å². The van der Waals surface area contributed by atoms with E-state index in [1.54, 1.807) is 0 Å². The van der Waals surface area contributed by atoms with Crippen LogP contribution in [0.4, 0.5) is 5.69 Å². The van der Waals surface area contributed by atoms with E-state index in [4.69, 9.17) is 0 Å². The third-order valence-electron chi connectivity index (χ3n) is 3.32. The van der Waals surface area contributed by atoms with Gasteiger partial charge in [-0.25, -0.2) is 0 Å². The number of rotatable bonds is 4. The van der Waals surface area contributed by atoms with Crippen molar-refractivity contribution >= 4 is 17.5 Å². The Morgan fingerprint density at radius 1 is 1.05 bits per heavy atom. The van der Waals surface area contributed by atoms with Gasteiger partial charge in [-0.2, -0.15) is 0 Å². The SMILES string of the molecule is C=C(Nc1ccc(C)cc1)c1ccc(C)c(/C=C\C)c1. The van der Waals surface area contributed by atoms with Crippen LogP contribution in [0.15, 0.2) is 55.1 Å². The Morgan fingerprint density at radius 3 is 2.40 bits per heavy atom. The van der Waals surface area contributed by atoms with E-state index < -0.39 is 0 Å². The normalized spacial score (nSPS) is 10.8. The molecule has 0 bridgehead atoms. The highest BCUT2D eigenvalue weighted by Crippen LogP contribution is 2.21. The van der Waals surface area contributed by atoms with E-state index in [2.05, 4.69) is 80.4 Å². The highest BCUT2D eigenvalue weighted by Gasteiger charge is 2.02. The molecular formula is C19H21N. The summed E-state index contributed by atoms with van der Waals surface area (Å²) in [5.41, 5.74) is 6.86. The number of benzene rings is 2. The van der Waals surface area contributed by atoms with Crippen LogP contribution in [0.25, 0.3) is 11.8 Å². The molecule has 1 heteroatoms. The summed E-state index contributed by atoms with van der Waals surface area (Å²) in [5, 5.41) is 3.36. The zero-order valence-corrected chi connectivity index (χ0v) is 12.4. The molecule has 0 amide bonds. The Bertz CT molecular complexity index is 633. The van der Waals surface area contributed by atoms with Crippen LogP contribution in [0.3, 0.4) is 0 Å². The van der Waals surface area contributed by atoms with Crippen molar-refractivity contribution in [3.05, 3.63) is 77.4 Å². The molecule has 1 nitrogen and oxygen atoms in total. The molecule has 0 aliphatic heterocycles. The van der Waals surface area contributed by atoms with E-state index in [0.717, 1.165) is 16.9 Å². The zero-order valence-electron chi connectivity index (χ0n) is 12.4. The van der Waals surface area contributed by atoms with Gasteiger partial charge in [0.05, 0.1) is 0 Å². The van der Waals surface area contributed by atoms with Gasteiger partial charge in [-0.3, -0.25) is 0 Å². The zero-order chi connectivity index (χ0) is 14.5. The lowest BCUT2D eigenvalue weighted by Crippen LogP contribution is -1.98. The number of aryl methyl sites for hydroxylation is 2. The molecule has 0 unspecified atom stereocenters. The molecule has 0 aliphatic rings. The summed E-state index contributed by atoms with van der Waals surface area (Å²) in [5.74, 6) is 0. The van der Waals surface area contributed by atoms with E-state index >= 15 is 0 Å². The number of anilines is 1. The molecule has 0 radical (unpaired) electrons. The molecule has 20 heavy (non-hydrogen) atoms. The molecule has 0 fully saturated rings. The molecule has 0 saturated heterocycles. The van der Waals surface area contributed by atoms with Crippen molar-refractivity contribution in [3.8, 4) is 0 Å². The second-order valence-electron chi connectivity index (χ2n) is 5.04. The van der Waals surface area contributed by atoms with Crippen molar-refractivity contribution in [2.75, 3.05) is 5.32 Å². The van der Waals surface area contributed by atoms with Crippen molar-refractivity contribution in [1.29, 1.82) is 0 Å². The summed E-state index contributed by atoms with van der Waals surface area (Å²) in [6.07, 6.45) is 4.18. The molecule has 0 saturated carbocycles. The number of allylic oxidation sites excluding steroid dienone is 1. The number of nitrogens with one attached hydrogen (secondary N) is 1. The average Bonchev–Trinajstić information content (AvgIpc) is 2.44. The predicted molar refractivity (Wildman–Crippen MR) is 89.7 cm³/mol. The molecule has 1 N–H and O–H groups in total. The molecule has 0 heterocycles. The maximum atomic E-state index is 4.14. The fourth-order valence-electron chi connectivity index (χ4n) is 2.07. The molecule has 0 aliphatic carbocycles. The smallest absolute Gasteiger partial charge is 0.0385 e. The van der Waals surface area contributed by atoms with Gasteiger partial charge in [0.1, 0.15) is 0 Å². The summed E-state index contributed by atoms with van der Waals surface area (Å²) in [4.78, 5) is 0. The first-order valence-corrected chi connectivity index (χ1v) is 6.86. The highest BCUT2D eigenvalue weighted by atomic mass is 14.9. The molecule has 0 spiro atoms. The second kappa shape index (κ2) is 6.25. The van der Waals surface area contributed by atoms with Crippen LogP contribution in [0.5, 0.6) is 0 Å². The molecule has 0 atom stereocenters. The first-order valence-electron chi connectivity index (χ1n) is 6.86. The fraction of sp³-hybridized carbons (Fsp3) is 0.158. The lowest BCUT2D eigenvalue weighted by Gasteiger charge is -2.12. The van der Waals surface area contributed by atoms with Gasteiger partial charge >= 0.3 is 0 Å². The Labute approximate surface area is 121 Å². The molecule has 102 valence electrons. The average molecular weight is 263 g/mol. The van der Waals surface area contributed by atoms with Gasteiger partial charge in [0, 0.05) is 11.4 Å². The Morgan fingerprint density at radius 2 is 1.75 bits per heavy atom. The lowest BCUT2D eigenvalue weighted by atomic mass is 10.0. The molecule has 2 aromatic carbocycles. The topological polar surface area (TPSA) is 12.0 Å². The van der Waals surface area contributed by atoms with Gasteiger partial charge in [-0.1, -0.05) is 48.6 Å². The summed E-state index contributed by atoms with van der Waals surface area (Å²) in [6.45, 7) is 10.4. The standard InChI is InChI=1S/C19H21N/c1-5-6-17-13-18(10-9-15(17)3)16(4)20-19-11-7-14(2)8-12-19/h5-13,20H,4H2,1-3H3/b6-5-. The molecule has 2 rings (SSSR count). The first kappa shape index (κ1) is 14.1. The quantitative estimate of drug-likeness (QED) is 0.776. The second-order valence-corrected chi connectivity index (χ2v) is 5.04. The van der Waals surface area contributed by atoms with E-state index in [1.807, 2.05) is 6.92 Å². The van der Waals surface area contributed by atoms with Crippen molar-refractivity contribution in [2.45, 2.75) is 20.8 Å². The lowest BCUT2D eigenvalue weighted by molar-refractivity contribution is 1.41. The first-order chi connectivity index (χ1) is 9.60. The fourth-order valence-corrected chi connectivity index (χ4v) is 2.07. The summed E-state index contributed by atoms with van der Waals surface area (Å²) in [6, 6.07) is 14.7.